The van der Waals surface area contributed by atoms with Crippen molar-refractivity contribution in [2.24, 2.45) is 0 Å². The van der Waals surface area contributed by atoms with Gasteiger partial charge in [-0.05, 0) is 24.8 Å². The second kappa shape index (κ2) is 11.5. The number of hydrogen-bond donors (Lipinski definition) is 2. The molecule has 2 heterocycles. The molecule has 1 saturated heterocycles. The molecule has 0 aliphatic carbocycles. The first kappa shape index (κ1) is 23.6. The van der Waals surface area contributed by atoms with Crippen LogP contribution in [-0.4, -0.2) is 60.3 Å². The Labute approximate surface area is 187 Å². The van der Waals surface area contributed by atoms with Crippen LogP contribution in [-0.2, 0) is 16.1 Å². The summed E-state index contributed by atoms with van der Waals surface area (Å²) in [5.41, 5.74) is 6.24. The highest BCUT2D eigenvalue weighted by Gasteiger charge is 2.24. The second-order valence-electron chi connectivity index (χ2n) is 8.13. The Hall–Kier alpha value is -3.07. The van der Waals surface area contributed by atoms with Crippen LogP contribution >= 0.6 is 0 Å². The molecule has 174 valence electrons. The van der Waals surface area contributed by atoms with Crippen molar-refractivity contribution in [2.75, 3.05) is 50.5 Å². The van der Waals surface area contributed by atoms with Crippen LogP contribution in [0.5, 0.6) is 0 Å². The van der Waals surface area contributed by atoms with Crippen molar-refractivity contribution in [1.29, 1.82) is 0 Å². The van der Waals surface area contributed by atoms with E-state index in [1.165, 1.54) is 4.57 Å². The number of aromatic amines is 1. The van der Waals surface area contributed by atoms with Crippen molar-refractivity contribution in [1.82, 2.24) is 14.5 Å². The Morgan fingerprint density at radius 3 is 2.47 bits per heavy atom. The molecule has 1 aromatic carbocycles. The van der Waals surface area contributed by atoms with Gasteiger partial charge in [-0.2, -0.15) is 0 Å². The van der Waals surface area contributed by atoms with E-state index in [0.29, 0.717) is 19.6 Å². The number of likely N-dealkylation sites (tertiary alicyclic amines) is 1. The molecule has 9 nitrogen and oxygen atoms in total. The van der Waals surface area contributed by atoms with Gasteiger partial charge in [-0.15, -0.1) is 0 Å². The highest BCUT2D eigenvalue weighted by atomic mass is 16.5. The fourth-order valence-corrected chi connectivity index (χ4v) is 4.06. The number of amides is 1. The summed E-state index contributed by atoms with van der Waals surface area (Å²) in [5.74, 6) is 0.0209. The molecular weight excluding hydrogens is 410 g/mol. The van der Waals surface area contributed by atoms with E-state index in [-0.39, 0.29) is 30.5 Å². The van der Waals surface area contributed by atoms with Gasteiger partial charge in [0.15, 0.2) is 0 Å². The number of nitrogen functional groups attached to an aromatic ring is 1. The summed E-state index contributed by atoms with van der Waals surface area (Å²) in [6, 6.07) is 9.41. The van der Waals surface area contributed by atoms with Crippen molar-refractivity contribution in [2.45, 2.75) is 38.6 Å². The quantitative estimate of drug-likeness (QED) is 0.567. The number of nitrogens with two attached hydrogens (primary N) is 1. The Kier molecular flexibility index (Phi) is 8.49. The van der Waals surface area contributed by atoms with Gasteiger partial charge in [-0.25, -0.2) is 4.79 Å². The molecule has 9 heteroatoms. The van der Waals surface area contributed by atoms with E-state index in [2.05, 4.69) is 4.98 Å². The van der Waals surface area contributed by atoms with Gasteiger partial charge in [0.25, 0.3) is 5.56 Å². The molecule has 1 aliphatic rings. The first-order valence-corrected chi connectivity index (χ1v) is 11.2. The molecule has 32 heavy (non-hydrogen) atoms. The smallest absolute Gasteiger partial charge is 0.330 e. The number of rotatable bonds is 9. The molecule has 0 atom stereocenters. The number of nitrogens with one attached hydrogen (secondary N) is 1. The predicted molar refractivity (Wildman–Crippen MR) is 125 cm³/mol. The number of carbonyl (C=O) groups excluding carboxylic acids is 1. The lowest BCUT2D eigenvalue weighted by molar-refractivity contribution is -0.129. The van der Waals surface area contributed by atoms with Gasteiger partial charge in [-0.1, -0.05) is 43.2 Å². The van der Waals surface area contributed by atoms with Crippen LogP contribution in [0.3, 0.4) is 0 Å². The summed E-state index contributed by atoms with van der Waals surface area (Å²) in [6.45, 7) is 2.59. The van der Waals surface area contributed by atoms with E-state index in [9.17, 15) is 14.4 Å². The predicted octanol–water partition coefficient (Wildman–Crippen LogP) is 1.41. The third-order valence-electron chi connectivity index (χ3n) is 5.78. The van der Waals surface area contributed by atoms with E-state index in [0.717, 1.165) is 44.3 Å². The molecule has 1 aromatic heterocycles. The van der Waals surface area contributed by atoms with Crippen LogP contribution in [0.15, 0.2) is 39.9 Å². The molecule has 1 amide bonds. The zero-order valence-electron chi connectivity index (χ0n) is 18.7. The lowest BCUT2D eigenvalue weighted by atomic mass is 10.2. The van der Waals surface area contributed by atoms with E-state index in [4.69, 9.17) is 10.5 Å². The number of ether oxygens (including phenoxy) is 1. The van der Waals surface area contributed by atoms with Crippen LogP contribution in [0.25, 0.3) is 0 Å². The van der Waals surface area contributed by atoms with Gasteiger partial charge in [0.05, 0.1) is 13.1 Å². The Balaban J connectivity index is 1.92. The molecular formula is C23H33N5O4. The molecule has 3 N–H and O–H groups in total. The third-order valence-corrected chi connectivity index (χ3v) is 5.78. The fourth-order valence-electron chi connectivity index (χ4n) is 4.06. The van der Waals surface area contributed by atoms with Gasteiger partial charge >= 0.3 is 5.69 Å². The molecule has 0 bridgehead atoms. The van der Waals surface area contributed by atoms with Crippen LogP contribution in [0.2, 0.25) is 0 Å². The zero-order chi connectivity index (χ0) is 22.9. The molecule has 1 fully saturated rings. The van der Waals surface area contributed by atoms with Crippen LogP contribution in [0, 0.1) is 0 Å². The number of nitrogens with zero attached hydrogens (tertiary/aromatic N) is 3. The van der Waals surface area contributed by atoms with Crippen molar-refractivity contribution in [3.05, 3.63) is 56.7 Å². The summed E-state index contributed by atoms with van der Waals surface area (Å²) in [5, 5.41) is 0. The maximum atomic E-state index is 13.1. The van der Waals surface area contributed by atoms with Crippen LogP contribution in [0.1, 0.15) is 37.7 Å². The molecule has 3 rings (SSSR count). The minimum absolute atomic E-state index is 0.0283. The van der Waals surface area contributed by atoms with Crippen molar-refractivity contribution >= 4 is 17.4 Å². The molecule has 0 unspecified atom stereocenters. The van der Waals surface area contributed by atoms with E-state index in [1.807, 2.05) is 35.2 Å². The zero-order valence-corrected chi connectivity index (χ0v) is 18.7. The normalized spacial score (nSPS) is 14.2. The lowest BCUT2D eigenvalue weighted by Crippen LogP contribution is -2.45. The third kappa shape index (κ3) is 6.00. The topological polar surface area (TPSA) is 114 Å². The first-order chi connectivity index (χ1) is 15.5. The summed E-state index contributed by atoms with van der Waals surface area (Å²) in [4.78, 5) is 44.3. The molecule has 1 aliphatic heterocycles. The van der Waals surface area contributed by atoms with E-state index < -0.39 is 11.2 Å². The van der Waals surface area contributed by atoms with Gasteiger partial charge in [0, 0.05) is 33.4 Å². The lowest BCUT2D eigenvalue weighted by Gasteiger charge is -2.29. The number of hydrogen-bond acceptors (Lipinski definition) is 6. The average molecular weight is 444 g/mol. The van der Waals surface area contributed by atoms with E-state index in [1.54, 1.807) is 12.0 Å². The summed E-state index contributed by atoms with van der Waals surface area (Å²) in [6.07, 6.45) is 4.83. The maximum absolute atomic E-state index is 13.1. The molecule has 0 saturated carbocycles. The fraction of sp³-hybridized carbons (Fsp3) is 0.522. The number of aromatic nitrogens is 2. The van der Waals surface area contributed by atoms with Crippen LogP contribution < -0.4 is 21.9 Å². The first-order valence-electron chi connectivity index (χ1n) is 11.2. The van der Waals surface area contributed by atoms with Gasteiger partial charge in [0.1, 0.15) is 11.5 Å². The minimum atomic E-state index is -0.585. The summed E-state index contributed by atoms with van der Waals surface area (Å²) >= 11 is 0. The molecule has 2 aromatic rings. The van der Waals surface area contributed by atoms with Gasteiger partial charge < -0.3 is 20.3 Å². The number of methoxy groups -OCH3 is 1. The van der Waals surface area contributed by atoms with Crippen molar-refractivity contribution in [3.8, 4) is 0 Å². The highest BCUT2D eigenvalue weighted by Crippen LogP contribution is 2.19. The van der Waals surface area contributed by atoms with E-state index >= 15 is 0 Å². The number of anilines is 2. The Morgan fingerprint density at radius 2 is 1.81 bits per heavy atom. The van der Waals surface area contributed by atoms with Gasteiger partial charge in [-0.3, -0.25) is 19.1 Å². The monoisotopic (exact) mass is 443 g/mol. The van der Waals surface area contributed by atoms with Crippen LogP contribution in [0.4, 0.5) is 11.5 Å². The number of H-pyrrole nitrogens is 1. The standard InChI is InChI=1S/C23H33N5O4/c1-32-15-9-14-27(17-19(29)26-12-7-2-3-8-13-26)20-21(24)28(23(31)25-22(20)30)16-18-10-5-4-6-11-18/h4-6,10-11H,2-3,7-9,12-17,24H2,1H3,(H,25,30,31). The Morgan fingerprint density at radius 1 is 1.12 bits per heavy atom. The Bertz CT molecular complexity index is 994. The molecule has 0 radical (unpaired) electrons. The average Bonchev–Trinajstić information content (AvgIpc) is 3.07. The van der Waals surface area contributed by atoms with Crippen molar-refractivity contribution < 1.29 is 9.53 Å². The minimum Gasteiger partial charge on any atom is -0.385 e. The van der Waals surface area contributed by atoms with Crippen molar-refractivity contribution in [3.63, 3.8) is 0 Å². The number of benzene rings is 1. The molecule has 0 spiro atoms. The summed E-state index contributed by atoms with van der Waals surface area (Å²) in [7, 11) is 1.61. The SMILES string of the molecule is COCCCN(CC(=O)N1CCCCCC1)c1c(N)n(Cc2ccccc2)c(=O)[nH]c1=O. The maximum Gasteiger partial charge on any atom is 0.330 e. The summed E-state index contributed by atoms with van der Waals surface area (Å²) < 4.78 is 6.49. The largest absolute Gasteiger partial charge is 0.385 e. The highest BCUT2D eigenvalue weighted by molar-refractivity contribution is 5.82. The number of carbonyl (C=O) groups is 1. The van der Waals surface area contributed by atoms with Gasteiger partial charge in [0.2, 0.25) is 5.91 Å². The second-order valence-corrected chi connectivity index (χ2v) is 8.13.